The van der Waals surface area contributed by atoms with Crippen molar-refractivity contribution in [1.82, 2.24) is 25.8 Å². The van der Waals surface area contributed by atoms with Crippen LogP contribution in [0.3, 0.4) is 0 Å². The molecule has 1 saturated heterocycles. The summed E-state index contributed by atoms with van der Waals surface area (Å²) in [7, 11) is 0. The number of aromatic hydroxyl groups is 1. The second-order valence-corrected chi connectivity index (χ2v) is 6.82. The van der Waals surface area contributed by atoms with Crippen molar-refractivity contribution in [3.63, 3.8) is 0 Å². The third-order valence-electron chi connectivity index (χ3n) is 4.91. The molecule has 1 aliphatic rings. The predicted octanol–water partition coefficient (Wildman–Crippen LogP) is 2.12. The zero-order chi connectivity index (χ0) is 19.0. The Kier molecular flexibility index (Phi) is 4.49. The second-order valence-electron chi connectivity index (χ2n) is 6.82. The Labute approximate surface area is 155 Å². The van der Waals surface area contributed by atoms with Gasteiger partial charge in [-0.15, -0.1) is 0 Å². The third kappa shape index (κ3) is 3.35. The molecule has 0 radical (unpaired) electrons. The zero-order valence-corrected chi connectivity index (χ0v) is 14.8. The van der Waals surface area contributed by atoms with Crippen LogP contribution >= 0.6 is 0 Å². The first-order chi connectivity index (χ1) is 13.0. The van der Waals surface area contributed by atoms with Crippen LogP contribution in [0.5, 0.6) is 5.75 Å². The molecule has 1 aliphatic heterocycles. The first-order valence-corrected chi connectivity index (χ1v) is 8.86. The standard InChI is InChI=1S/C19H20FN5O2/c1-10-17-13(19(27)22-9-11-4-5-21-8-11)7-15(23-18(17)25-24-10)12-2-3-16(26)14(20)6-12/h2-3,6-7,11,21,26H,4-5,8-9H2,1H3,(H,22,27)(H,23,24,25). The molecule has 8 heteroatoms. The van der Waals surface area contributed by atoms with Crippen LogP contribution < -0.4 is 10.6 Å². The van der Waals surface area contributed by atoms with Crippen LogP contribution in [0.2, 0.25) is 0 Å². The van der Waals surface area contributed by atoms with Gasteiger partial charge in [-0.05, 0) is 56.6 Å². The molecule has 4 N–H and O–H groups in total. The molecule has 7 nitrogen and oxygen atoms in total. The SMILES string of the molecule is Cc1n[nH]c2nc(-c3ccc(O)c(F)c3)cc(C(=O)NCC3CCNC3)c12. The van der Waals surface area contributed by atoms with Gasteiger partial charge >= 0.3 is 0 Å². The molecule has 0 aliphatic carbocycles. The van der Waals surface area contributed by atoms with Gasteiger partial charge in [0.25, 0.3) is 5.91 Å². The van der Waals surface area contributed by atoms with Crippen molar-refractivity contribution in [1.29, 1.82) is 0 Å². The number of amides is 1. The second kappa shape index (κ2) is 6.96. The number of hydrogen-bond acceptors (Lipinski definition) is 5. The summed E-state index contributed by atoms with van der Waals surface area (Å²) in [4.78, 5) is 17.3. The average Bonchev–Trinajstić information content (AvgIpc) is 3.31. The number of fused-ring (bicyclic) bond motifs is 1. The highest BCUT2D eigenvalue weighted by molar-refractivity contribution is 6.07. The van der Waals surface area contributed by atoms with Gasteiger partial charge in [0.05, 0.1) is 22.3 Å². The molecular formula is C19H20FN5O2. The Hall–Kier alpha value is -3.00. The van der Waals surface area contributed by atoms with Crippen LogP contribution in [-0.2, 0) is 0 Å². The van der Waals surface area contributed by atoms with Crippen LogP contribution in [0.1, 0.15) is 22.5 Å². The summed E-state index contributed by atoms with van der Waals surface area (Å²) in [6, 6.07) is 5.65. The first kappa shape index (κ1) is 17.4. The van der Waals surface area contributed by atoms with E-state index in [1.54, 1.807) is 19.1 Å². The van der Waals surface area contributed by atoms with Gasteiger partial charge in [-0.3, -0.25) is 9.89 Å². The highest BCUT2D eigenvalue weighted by atomic mass is 19.1. The molecule has 3 heterocycles. The largest absolute Gasteiger partial charge is 0.505 e. The van der Waals surface area contributed by atoms with Crippen molar-refractivity contribution in [3.8, 4) is 17.0 Å². The Morgan fingerprint density at radius 2 is 2.26 bits per heavy atom. The van der Waals surface area contributed by atoms with E-state index < -0.39 is 11.6 Å². The lowest BCUT2D eigenvalue weighted by Gasteiger charge is -2.12. The number of phenolic OH excluding ortho intramolecular Hbond substituents is 1. The third-order valence-corrected chi connectivity index (χ3v) is 4.91. The maximum Gasteiger partial charge on any atom is 0.252 e. The van der Waals surface area contributed by atoms with Gasteiger partial charge in [0.15, 0.2) is 17.2 Å². The van der Waals surface area contributed by atoms with E-state index in [1.165, 1.54) is 12.1 Å². The van der Waals surface area contributed by atoms with Crippen molar-refractivity contribution < 1.29 is 14.3 Å². The number of hydrogen-bond donors (Lipinski definition) is 4. The number of H-pyrrole nitrogens is 1. The zero-order valence-electron chi connectivity index (χ0n) is 14.8. The molecule has 1 amide bonds. The van der Waals surface area contributed by atoms with Gasteiger partial charge in [0.2, 0.25) is 0 Å². The summed E-state index contributed by atoms with van der Waals surface area (Å²) in [5.41, 5.74) is 2.48. The number of halogens is 1. The number of aromatic nitrogens is 3. The topological polar surface area (TPSA) is 103 Å². The summed E-state index contributed by atoms with van der Waals surface area (Å²) in [6.07, 6.45) is 1.04. The van der Waals surface area contributed by atoms with Crippen molar-refractivity contribution in [2.75, 3.05) is 19.6 Å². The quantitative estimate of drug-likeness (QED) is 0.564. The molecule has 27 heavy (non-hydrogen) atoms. The molecule has 1 atom stereocenters. The minimum atomic E-state index is -0.741. The van der Waals surface area contributed by atoms with Crippen LogP contribution in [0, 0.1) is 18.7 Å². The first-order valence-electron chi connectivity index (χ1n) is 8.86. The lowest BCUT2D eigenvalue weighted by molar-refractivity contribution is 0.0949. The lowest BCUT2D eigenvalue weighted by atomic mass is 10.0. The number of pyridine rings is 1. The van der Waals surface area contributed by atoms with E-state index in [9.17, 15) is 14.3 Å². The Morgan fingerprint density at radius 3 is 3.00 bits per heavy atom. The Morgan fingerprint density at radius 1 is 1.41 bits per heavy atom. The molecule has 2 aromatic heterocycles. The number of aromatic amines is 1. The summed E-state index contributed by atoms with van der Waals surface area (Å²) in [5.74, 6) is -0.961. The minimum absolute atomic E-state index is 0.209. The van der Waals surface area contributed by atoms with Crippen LogP contribution in [0.25, 0.3) is 22.3 Å². The fraction of sp³-hybridized carbons (Fsp3) is 0.316. The lowest BCUT2D eigenvalue weighted by Crippen LogP contribution is -2.30. The molecule has 0 spiro atoms. The maximum atomic E-state index is 13.8. The van der Waals surface area contributed by atoms with E-state index in [1.807, 2.05) is 0 Å². The monoisotopic (exact) mass is 369 g/mol. The Balaban J connectivity index is 1.72. The molecule has 140 valence electrons. The summed E-state index contributed by atoms with van der Waals surface area (Å²) in [5, 5.41) is 23.3. The van der Waals surface area contributed by atoms with Gasteiger partial charge in [0.1, 0.15) is 0 Å². The fourth-order valence-electron chi connectivity index (χ4n) is 3.40. The molecule has 1 aromatic carbocycles. The summed E-state index contributed by atoms with van der Waals surface area (Å²) < 4.78 is 13.8. The fourth-order valence-corrected chi connectivity index (χ4v) is 3.40. The van der Waals surface area contributed by atoms with Crippen LogP contribution in [-0.4, -0.2) is 45.8 Å². The molecule has 0 saturated carbocycles. The number of phenols is 1. The number of rotatable bonds is 4. The highest BCUT2D eigenvalue weighted by Gasteiger charge is 2.20. The highest BCUT2D eigenvalue weighted by Crippen LogP contribution is 2.28. The summed E-state index contributed by atoms with van der Waals surface area (Å²) in [6.45, 7) is 4.26. The average molecular weight is 369 g/mol. The van der Waals surface area contributed by atoms with Gasteiger partial charge in [0, 0.05) is 12.1 Å². The Bertz CT molecular complexity index is 1010. The summed E-state index contributed by atoms with van der Waals surface area (Å²) >= 11 is 0. The molecule has 4 rings (SSSR count). The van der Waals surface area contributed by atoms with Gasteiger partial charge in [-0.1, -0.05) is 0 Å². The molecule has 0 bridgehead atoms. The van der Waals surface area contributed by atoms with Crippen LogP contribution in [0.4, 0.5) is 4.39 Å². The van der Waals surface area contributed by atoms with Crippen molar-refractivity contribution in [2.24, 2.45) is 5.92 Å². The molecule has 3 aromatic rings. The predicted molar refractivity (Wildman–Crippen MR) is 99.0 cm³/mol. The van der Waals surface area contributed by atoms with Gasteiger partial charge in [-0.2, -0.15) is 5.10 Å². The van der Waals surface area contributed by atoms with Gasteiger partial charge < -0.3 is 15.7 Å². The van der Waals surface area contributed by atoms with E-state index in [2.05, 4.69) is 25.8 Å². The minimum Gasteiger partial charge on any atom is -0.505 e. The van der Waals surface area contributed by atoms with E-state index in [0.29, 0.717) is 46.0 Å². The molecular weight excluding hydrogens is 349 g/mol. The van der Waals surface area contributed by atoms with E-state index in [0.717, 1.165) is 19.5 Å². The van der Waals surface area contributed by atoms with Crippen LogP contribution in [0.15, 0.2) is 24.3 Å². The maximum absolute atomic E-state index is 13.8. The van der Waals surface area contributed by atoms with E-state index >= 15 is 0 Å². The van der Waals surface area contributed by atoms with Crippen molar-refractivity contribution >= 4 is 16.9 Å². The van der Waals surface area contributed by atoms with E-state index in [4.69, 9.17) is 0 Å². The number of nitrogens with zero attached hydrogens (tertiary/aromatic N) is 2. The number of benzene rings is 1. The number of carbonyl (C=O) groups excluding carboxylic acids is 1. The number of nitrogens with one attached hydrogen (secondary N) is 3. The molecule has 1 unspecified atom stereocenters. The van der Waals surface area contributed by atoms with Crippen molar-refractivity contribution in [2.45, 2.75) is 13.3 Å². The van der Waals surface area contributed by atoms with Crippen molar-refractivity contribution in [3.05, 3.63) is 41.3 Å². The normalized spacial score (nSPS) is 16.7. The molecule has 1 fully saturated rings. The number of aryl methyl sites for hydroxylation is 1. The van der Waals surface area contributed by atoms with E-state index in [-0.39, 0.29) is 5.91 Å². The van der Waals surface area contributed by atoms with Gasteiger partial charge in [-0.25, -0.2) is 9.37 Å². The number of carbonyl (C=O) groups is 1. The smallest absolute Gasteiger partial charge is 0.252 e.